The van der Waals surface area contributed by atoms with E-state index in [2.05, 4.69) is 31.3 Å². The van der Waals surface area contributed by atoms with Gasteiger partial charge in [0.2, 0.25) is 5.91 Å². The van der Waals surface area contributed by atoms with E-state index in [1.807, 2.05) is 6.08 Å². The molecule has 2 atom stereocenters. The number of aliphatic hydroxyl groups is 2. The molecule has 0 radical (unpaired) electrons. The predicted molar refractivity (Wildman–Crippen MR) is 189 cm³/mol. The lowest BCUT2D eigenvalue weighted by Gasteiger charge is -2.20. The Hall–Kier alpha value is -1.13. The summed E-state index contributed by atoms with van der Waals surface area (Å²) in [5.74, 6) is -0.0681. The standard InChI is InChI=1S/C39H75NO3/c1-3-5-7-9-11-13-15-16-17-18-19-20-21-22-23-24-25-27-29-31-33-35-39(43)40-37(36-41)38(42)34-32-30-28-26-14-12-10-8-6-4-2/h18-19,32,34,37-38,41-42H,3-17,20-31,33,35-36H2,1-2H3,(H,40,43)/b19-18-,34-32+. The molecule has 0 heterocycles. The highest BCUT2D eigenvalue weighted by Gasteiger charge is 2.17. The van der Waals surface area contributed by atoms with Gasteiger partial charge in [0, 0.05) is 6.42 Å². The molecule has 4 nitrogen and oxygen atoms in total. The largest absolute Gasteiger partial charge is 0.394 e. The average molecular weight is 606 g/mol. The molecule has 0 saturated heterocycles. The van der Waals surface area contributed by atoms with Gasteiger partial charge in [-0.3, -0.25) is 4.79 Å². The lowest BCUT2D eigenvalue weighted by Crippen LogP contribution is -2.45. The molecule has 0 saturated carbocycles. The summed E-state index contributed by atoms with van der Waals surface area (Å²) in [4.78, 5) is 12.3. The number of nitrogens with one attached hydrogen (secondary N) is 1. The zero-order valence-electron chi connectivity index (χ0n) is 29.0. The Balaban J connectivity index is 3.55. The molecule has 0 aliphatic rings. The van der Waals surface area contributed by atoms with Gasteiger partial charge < -0.3 is 15.5 Å². The number of amides is 1. The molecule has 0 bridgehead atoms. The monoisotopic (exact) mass is 606 g/mol. The summed E-state index contributed by atoms with van der Waals surface area (Å²) in [7, 11) is 0. The Morgan fingerprint density at radius 1 is 0.535 bits per heavy atom. The second-order valence-corrected chi connectivity index (χ2v) is 13.0. The lowest BCUT2D eigenvalue weighted by atomic mass is 10.0. The molecule has 4 heteroatoms. The molecule has 43 heavy (non-hydrogen) atoms. The van der Waals surface area contributed by atoms with Gasteiger partial charge >= 0.3 is 0 Å². The van der Waals surface area contributed by atoms with Crippen LogP contribution in [0.3, 0.4) is 0 Å². The molecule has 3 N–H and O–H groups in total. The van der Waals surface area contributed by atoms with Gasteiger partial charge in [-0.05, 0) is 44.9 Å². The maximum atomic E-state index is 12.3. The molecule has 0 aromatic rings. The van der Waals surface area contributed by atoms with Crippen LogP contribution in [0.1, 0.15) is 200 Å². The minimum Gasteiger partial charge on any atom is -0.394 e. The first-order valence-corrected chi connectivity index (χ1v) is 19.1. The molecule has 2 unspecified atom stereocenters. The number of hydrogen-bond donors (Lipinski definition) is 3. The molecule has 1 amide bonds. The fourth-order valence-corrected chi connectivity index (χ4v) is 5.70. The Labute approximate surface area is 269 Å². The van der Waals surface area contributed by atoms with E-state index < -0.39 is 12.1 Å². The molecule has 0 aromatic heterocycles. The first kappa shape index (κ1) is 41.9. The third-order valence-corrected chi connectivity index (χ3v) is 8.68. The highest BCUT2D eigenvalue weighted by atomic mass is 16.3. The zero-order valence-corrected chi connectivity index (χ0v) is 29.0. The van der Waals surface area contributed by atoms with Gasteiger partial charge in [0.05, 0.1) is 18.8 Å². The van der Waals surface area contributed by atoms with Crippen molar-refractivity contribution in [2.75, 3.05) is 6.61 Å². The van der Waals surface area contributed by atoms with Crippen molar-refractivity contribution in [1.29, 1.82) is 0 Å². The number of rotatable bonds is 34. The van der Waals surface area contributed by atoms with E-state index in [9.17, 15) is 15.0 Å². The molecule has 0 aliphatic heterocycles. The molecular formula is C39H75NO3. The average Bonchev–Trinajstić information content (AvgIpc) is 3.01. The minimum atomic E-state index is -0.835. The Morgan fingerprint density at radius 2 is 0.884 bits per heavy atom. The van der Waals surface area contributed by atoms with Crippen molar-refractivity contribution in [1.82, 2.24) is 5.32 Å². The van der Waals surface area contributed by atoms with E-state index in [0.29, 0.717) is 6.42 Å². The molecule has 254 valence electrons. The van der Waals surface area contributed by atoms with Crippen LogP contribution < -0.4 is 5.32 Å². The Morgan fingerprint density at radius 3 is 1.28 bits per heavy atom. The summed E-state index contributed by atoms with van der Waals surface area (Å²) in [6.07, 6.45) is 44.1. The molecular weight excluding hydrogens is 530 g/mol. The van der Waals surface area contributed by atoms with Crippen LogP contribution in [0.5, 0.6) is 0 Å². The summed E-state index contributed by atoms with van der Waals surface area (Å²) in [6.45, 7) is 4.28. The van der Waals surface area contributed by atoms with E-state index in [1.54, 1.807) is 6.08 Å². The van der Waals surface area contributed by atoms with Crippen LogP contribution in [-0.4, -0.2) is 34.9 Å². The van der Waals surface area contributed by atoms with Gasteiger partial charge in [0.1, 0.15) is 0 Å². The van der Waals surface area contributed by atoms with Crippen molar-refractivity contribution in [2.24, 2.45) is 0 Å². The fourth-order valence-electron chi connectivity index (χ4n) is 5.70. The summed E-state index contributed by atoms with van der Waals surface area (Å²) in [6, 6.07) is -0.618. The van der Waals surface area contributed by atoms with Gasteiger partial charge in [-0.15, -0.1) is 0 Å². The lowest BCUT2D eigenvalue weighted by molar-refractivity contribution is -0.123. The van der Waals surface area contributed by atoms with Gasteiger partial charge in [-0.25, -0.2) is 0 Å². The van der Waals surface area contributed by atoms with E-state index in [1.165, 1.54) is 154 Å². The van der Waals surface area contributed by atoms with E-state index >= 15 is 0 Å². The van der Waals surface area contributed by atoms with E-state index in [-0.39, 0.29) is 12.5 Å². The summed E-state index contributed by atoms with van der Waals surface area (Å²) < 4.78 is 0. The third-order valence-electron chi connectivity index (χ3n) is 8.68. The van der Waals surface area contributed by atoms with Crippen LogP contribution in [0.4, 0.5) is 0 Å². The molecule has 0 aromatic carbocycles. The molecule has 0 spiro atoms. The minimum absolute atomic E-state index is 0.0681. The summed E-state index contributed by atoms with van der Waals surface area (Å²) >= 11 is 0. The molecule has 0 rings (SSSR count). The molecule has 0 fully saturated rings. The van der Waals surface area contributed by atoms with Crippen molar-refractivity contribution >= 4 is 5.91 Å². The number of carbonyl (C=O) groups excluding carboxylic acids is 1. The predicted octanol–water partition coefficient (Wildman–Crippen LogP) is 11.3. The van der Waals surface area contributed by atoms with Crippen LogP contribution in [0, 0.1) is 0 Å². The fraction of sp³-hybridized carbons (Fsp3) is 0.872. The Bertz CT molecular complexity index is 618. The van der Waals surface area contributed by atoms with Gasteiger partial charge in [0.15, 0.2) is 0 Å². The quantitative estimate of drug-likeness (QED) is 0.0505. The zero-order chi connectivity index (χ0) is 31.5. The van der Waals surface area contributed by atoms with Crippen LogP contribution in [-0.2, 0) is 4.79 Å². The first-order valence-electron chi connectivity index (χ1n) is 19.1. The first-order chi connectivity index (χ1) is 21.2. The van der Waals surface area contributed by atoms with Gasteiger partial charge in [-0.1, -0.05) is 173 Å². The SMILES string of the molecule is CCCCCCCCCC/C=C\CCCCCCCCCCCC(=O)NC(CO)C(O)/C=C/CCCCCCCCCC. The number of carbonyl (C=O) groups is 1. The van der Waals surface area contributed by atoms with Crippen molar-refractivity contribution < 1.29 is 15.0 Å². The van der Waals surface area contributed by atoms with Crippen LogP contribution in [0.15, 0.2) is 24.3 Å². The normalized spacial score (nSPS) is 13.3. The van der Waals surface area contributed by atoms with E-state index in [4.69, 9.17) is 0 Å². The number of allylic oxidation sites excluding steroid dienone is 3. The highest BCUT2D eigenvalue weighted by molar-refractivity contribution is 5.76. The second-order valence-electron chi connectivity index (χ2n) is 13.0. The summed E-state index contributed by atoms with van der Waals surface area (Å²) in [5, 5.41) is 22.8. The maximum Gasteiger partial charge on any atom is 0.220 e. The Kier molecular flexibility index (Phi) is 34.4. The summed E-state index contributed by atoms with van der Waals surface area (Å²) in [5.41, 5.74) is 0. The van der Waals surface area contributed by atoms with Gasteiger partial charge in [-0.2, -0.15) is 0 Å². The third kappa shape index (κ3) is 32.1. The van der Waals surface area contributed by atoms with Crippen molar-refractivity contribution in [3.05, 3.63) is 24.3 Å². The maximum absolute atomic E-state index is 12.3. The van der Waals surface area contributed by atoms with Crippen molar-refractivity contribution in [3.63, 3.8) is 0 Å². The van der Waals surface area contributed by atoms with E-state index in [0.717, 1.165) is 25.7 Å². The number of unbranched alkanes of at least 4 members (excludes halogenated alkanes) is 25. The molecule has 0 aliphatic carbocycles. The van der Waals surface area contributed by atoms with Crippen LogP contribution in [0.25, 0.3) is 0 Å². The van der Waals surface area contributed by atoms with Crippen LogP contribution >= 0.6 is 0 Å². The van der Waals surface area contributed by atoms with Crippen molar-refractivity contribution in [3.8, 4) is 0 Å². The smallest absolute Gasteiger partial charge is 0.220 e. The topological polar surface area (TPSA) is 69.6 Å². The van der Waals surface area contributed by atoms with Crippen LogP contribution in [0.2, 0.25) is 0 Å². The van der Waals surface area contributed by atoms with Gasteiger partial charge in [0.25, 0.3) is 0 Å². The highest BCUT2D eigenvalue weighted by Crippen LogP contribution is 2.14. The number of aliphatic hydroxyl groups excluding tert-OH is 2. The number of hydrogen-bond acceptors (Lipinski definition) is 3. The second kappa shape index (κ2) is 35.4. The van der Waals surface area contributed by atoms with Crippen molar-refractivity contribution in [2.45, 2.75) is 212 Å².